The van der Waals surface area contributed by atoms with Crippen molar-refractivity contribution < 1.29 is 28.2 Å². The molecule has 0 radical (unpaired) electrons. The minimum absolute atomic E-state index is 0. The number of carboxylic acid groups (broad SMARTS) is 1. The van der Waals surface area contributed by atoms with Crippen molar-refractivity contribution in [2.75, 3.05) is 0 Å². The molecule has 1 rings (SSSR count). The molecule has 0 aliphatic heterocycles. The number of hydrogen-bond acceptors (Lipinski definition) is 3. The number of aromatic hydroxyl groups is 1. The maximum atomic E-state index is 12.4. The summed E-state index contributed by atoms with van der Waals surface area (Å²) in [5, 5.41) is 18.2. The second-order valence-corrected chi connectivity index (χ2v) is 4.04. The van der Waals surface area contributed by atoms with Gasteiger partial charge in [-0.1, -0.05) is 15.9 Å². The van der Waals surface area contributed by atoms with Gasteiger partial charge in [-0.2, -0.15) is 13.2 Å². The van der Waals surface area contributed by atoms with Crippen LogP contribution in [-0.2, 0) is 0 Å². The maximum absolute atomic E-state index is 12.4. The van der Waals surface area contributed by atoms with E-state index in [0.29, 0.717) is 0 Å². The molecule has 1 aromatic rings. The Kier molecular flexibility index (Phi) is 5.45. The molecule has 102 valence electrons. The number of nitrogens with two attached hydrogens (primary N) is 1. The van der Waals surface area contributed by atoms with Gasteiger partial charge in [-0.3, -0.25) is 0 Å². The fourth-order valence-corrected chi connectivity index (χ4v) is 1.78. The van der Waals surface area contributed by atoms with E-state index in [9.17, 15) is 23.1 Å². The zero-order valence-corrected chi connectivity index (χ0v) is 10.9. The first kappa shape index (κ1) is 17.0. The van der Waals surface area contributed by atoms with Crippen molar-refractivity contribution in [1.82, 2.24) is 0 Å². The van der Waals surface area contributed by atoms with Gasteiger partial charge in [0.25, 0.3) is 0 Å². The van der Waals surface area contributed by atoms with Crippen molar-refractivity contribution in [3.8, 4) is 5.75 Å². The SMILES string of the molecule is Cl.N[C@@H](c1c(Br)ccc(C(=O)O)c1O)C(F)(F)F. The molecule has 0 heterocycles. The number of rotatable bonds is 2. The Morgan fingerprint density at radius 1 is 1.39 bits per heavy atom. The maximum Gasteiger partial charge on any atom is 0.407 e. The van der Waals surface area contributed by atoms with E-state index in [1.54, 1.807) is 0 Å². The van der Waals surface area contributed by atoms with Gasteiger partial charge in [0.2, 0.25) is 0 Å². The quantitative estimate of drug-likeness (QED) is 0.766. The number of carboxylic acids is 1. The van der Waals surface area contributed by atoms with Crippen molar-refractivity contribution in [2.24, 2.45) is 5.73 Å². The van der Waals surface area contributed by atoms with E-state index < -0.39 is 35.1 Å². The van der Waals surface area contributed by atoms with Crippen LogP contribution in [0.3, 0.4) is 0 Å². The lowest BCUT2D eigenvalue weighted by Gasteiger charge is -2.19. The highest BCUT2D eigenvalue weighted by Gasteiger charge is 2.41. The van der Waals surface area contributed by atoms with Gasteiger partial charge in [0.1, 0.15) is 17.4 Å². The Morgan fingerprint density at radius 2 is 1.89 bits per heavy atom. The third-order valence-corrected chi connectivity index (χ3v) is 2.75. The van der Waals surface area contributed by atoms with Gasteiger partial charge in [-0.15, -0.1) is 12.4 Å². The molecule has 4 nitrogen and oxygen atoms in total. The molecule has 0 saturated carbocycles. The molecule has 0 saturated heterocycles. The number of aromatic carboxylic acids is 1. The molecule has 0 amide bonds. The van der Waals surface area contributed by atoms with Crippen molar-refractivity contribution in [2.45, 2.75) is 12.2 Å². The third-order valence-electron chi connectivity index (χ3n) is 2.06. The predicted molar refractivity (Wildman–Crippen MR) is 63.0 cm³/mol. The normalized spacial score (nSPS) is 12.7. The van der Waals surface area contributed by atoms with Crippen LogP contribution >= 0.6 is 28.3 Å². The summed E-state index contributed by atoms with van der Waals surface area (Å²) in [6.07, 6.45) is -4.78. The predicted octanol–water partition coefficient (Wildman–Crippen LogP) is 2.84. The van der Waals surface area contributed by atoms with Gasteiger partial charge in [0, 0.05) is 10.0 Å². The van der Waals surface area contributed by atoms with E-state index in [2.05, 4.69) is 15.9 Å². The van der Waals surface area contributed by atoms with Crippen LogP contribution in [0.2, 0.25) is 0 Å². The Morgan fingerprint density at radius 3 is 2.28 bits per heavy atom. The molecule has 1 atom stereocenters. The molecule has 0 spiro atoms. The Labute approximate surface area is 114 Å². The van der Waals surface area contributed by atoms with E-state index in [1.165, 1.54) is 0 Å². The zero-order valence-electron chi connectivity index (χ0n) is 8.53. The second kappa shape index (κ2) is 5.77. The van der Waals surface area contributed by atoms with Crippen molar-refractivity contribution in [3.05, 3.63) is 27.7 Å². The molecular formula is C9H8BrClF3NO3. The van der Waals surface area contributed by atoms with E-state index in [-0.39, 0.29) is 16.9 Å². The van der Waals surface area contributed by atoms with Gasteiger partial charge >= 0.3 is 12.1 Å². The number of benzene rings is 1. The van der Waals surface area contributed by atoms with Crippen LogP contribution < -0.4 is 5.73 Å². The molecular weight excluding hydrogens is 342 g/mol. The van der Waals surface area contributed by atoms with Crippen LogP contribution in [0.25, 0.3) is 0 Å². The topological polar surface area (TPSA) is 83.6 Å². The first-order chi connectivity index (χ1) is 7.66. The minimum atomic E-state index is -4.78. The summed E-state index contributed by atoms with van der Waals surface area (Å²) in [6.45, 7) is 0. The van der Waals surface area contributed by atoms with Crippen LogP contribution in [-0.4, -0.2) is 22.4 Å². The van der Waals surface area contributed by atoms with Crippen molar-refractivity contribution >= 4 is 34.3 Å². The van der Waals surface area contributed by atoms with Crippen LogP contribution in [0.15, 0.2) is 16.6 Å². The van der Waals surface area contributed by atoms with Crippen LogP contribution in [0, 0.1) is 0 Å². The van der Waals surface area contributed by atoms with Gasteiger partial charge in [0.05, 0.1) is 0 Å². The summed E-state index contributed by atoms with van der Waals surface area (Å²) in [4.78, 5) is 10.7. The van der Waals surface area contributed by atoms with Gasteiger partial charge in [-0.25, -0.2) is 4.79 Å². The molecule has 0 aliphatic carbocycles. The number of hydrogen-bond donors (Lipinski definition) is 3. The Hall–Kier alpha value is -0.990. The molecule has 9 heteroatoms. The van der Waals surface area contributed by atoms with Gasteiger partial charge in [-0.05, 0) is 12.1 Å². The fraction of sp³-hybridized carbons (Fsp3) is 0.222. The van der Waals surface area contributed by atoms with E-state index >= 15 is 0 Å². The highest BCUT2D eigenvalue weighted by molar-refractivity contribution is 9.10. The summed E-state index contributed by atoms with van der Waals surface area (Å²) in [6, 6.07) is -0.394. The van der Waals surface area contributed by atoms with E-state index in [0.717, 1.165) is 12.1 Å². The number of halogens is 5. The highest BCUT2D eigenvalue weighted by Crippen LogP contribution is 2.40. The van der Waals surface area contributed by atoms with Crippen LogP contribution in [0.5, 0.6) is 5.75 Å². The van der Waals surface area contributed by atoms with Gasteiger partial charge < -0.3 is 15.9 Å². The first-order valence-corrected chi connectivity index (χ1v) is 5.02. The summed E-state index contributed by atoms with van der Waals surface area (Å²) in [5.41, 5.74) is 3.60. The average Bonchev–Trinajstić information content (AvgIpc) is 2.15. The smallest absolute Gasteiger partial charge is 0.407 e. The Bertz CT molecular complexity index is 467. The van der Waals surface area contributed by atoms with Crippen LogP contribution in [0.4, 0.5) is 13.2 Å². The fourth-order valence-electron chi connectivity index (χ4n) is 1.22. The van der Waals surface area contributed by atoms with E-state index in [1.807, 2.05) is 0 Å². The first-order valence-electron chi connectivity index (χ1n) is 4.23. The molecule has 18 heavy (non-hydrogen) atoms. The highest BCUT2D eigenvalue weighted by atomic mass is 79.9. The monoisotopic (exact) mass is 349 g/mol. The number of phenols is 1. The van der Waals surface area contributed by atoms with Crippen molar-refractivity contribution in [3.63, 3.8) is 0 Å². The lowest BCUT2D eigenvalue weighted by atomic mass is 10.0. The summed E-state index contributed by atoms with van der Waals surface area (Å²) in [5.74, 6) is -2.53. The number of carbonyl (C=O) groups is 1. The molecule has 0 aromatic heterocycles. The summed E-state index contributed by atoms with van der Waals surface area (Å²) in [7, 11) is 0. The van der Waals surface area contributed by atoms with E-state index in [4.69, 9.17) is 10.8 Å². The lowest BCUT2D eigenvalue weighted by molar-refractivity contribution is -0.149. The standard InChI is InChI=1S/C9H7BrF3NO3.ClH/c10-4-2-1-3(8(16)17)6(15)5(4)7(14)9(11,12)13;/h1-2,7,15H,14H2,(H,16,17);1H/t7-;/m0./s1. The summed E-state index contributed by atoms with van der Waals surface area (Å²) < 4.78 is 37.2. The second-order valence-electron chi connectivity index (χ2n) is 3.18. The number of alkyl halides is 3. The minimum Gasteiger partial charge on any atom is -0.507 e. The third kappa shape index (κ3) is 3.27. The molecule has 0 aliphatic rings. The summed E-state index contributed by atoms with van der Waals surface area (Å²) >= 11 is 2.79. The molecule has 4 N–H and O–H groups in total. The molecule has 0 fully saturated rings. The van der Waals surface area contributed by atoms with Crippen LogP contribution in [0.1, 0.15) is 22.0 Å². The van der Waals surface area contributed by atoms with Gasteiger partial charge in [0.15, 0.2) is 0 Å². The largest absolute Gasteiger partial charge is 0.507 e. The lowest BCUT2D eigenvalue weighted by Crippen LogP contribution is -2.29. The zero-order chi connectivity index (χ0) is 13.4. The molecule has 0 bridgehead atoms. The average molecular weight is 351 g/mol. The Balaban J connectivity index is 0.00000289. The molecule has 1 aromatic carbocycles. The van der Waals surface area contributed by atoms with Crippen molar-refractivity contribution in [1.29, 1.82) is 0 Å². The molecule has 0 unspecified atom stereocenters.